The van der Waals surface area contributed by atoms with Gasteiger partial charge >= 0.3 is 6.09 Å². The molecule has 0 spiro atoms. The van der Waals surface area contributed by atoms with Crippen LogP contribution in [0.5, 0.6) is 11.5 Å². The largest absolute Gasteiger partial charge is 0.454 e. The number of amides is 1. The average Bonchev–Trinajstić information content (AvgIpc) is 3.47. The lowest BCUT2D eigenvalue weighted by Crippen LogP contribution is -2.52. The summed E-state index contributed by atoms with van der Waals surface area (Å²) in [4.78, 5) is 15.2. The summed E-state index contributed by atoms with van der Waals surface area (Å²) in [5.74, 6) is 1.23. The summed E-state index contributed by atoms with van der Waals surface area (Å²) in [6, 6.07) is 13.2. The molecule has 0 N–H and O–H groups in total. The fraction of sp³-hybridized carbons (Fsp3) is 0.552. The first-order valence-corrected chi connectivity index (χ1v) is 13.1. The van der Waals surface area contributed by atoms with Crippen LogP contribution in [0, 0.1) is 0 Å². The Kier molecular flexibility index (Phi) is 7.55. The monoisotopic (exact) mass is 527 g/mol. The van der Waals surface area contributed by atoms with Gasteiger partial charge in [-0.1, -0.05) is 30.3 Å². The van der Waals surface area contributed by atoms with Crippen LogP contribution in [0.4, 0.5) is 4.79 Å². The van der Waals surface area contributed by atoms with Crippen LogP contribution in [0.25, 0.3) is 0 Å². The number of hydrogen-bond acceptors (Lipinski definition) is 8. The van der Waals surface area contributed by atoms with Crippen LogP contribution in [-0.2, 0) is 30.3 Å². The summed E-state index contributed by atoms with van der Waals surface area (Å²) in [6.07, 6.45) is -0.850. The molecule has 9 nitrogen and oxygen atoms in total. The van der Waals surface area contributed by atoms with Crippen molar-refractivity contribution in [3.8, 4) is 11.5 Å². The smallest absolute Gasteiger partial charge is 0.413 e. The highest BCUT2D eigenvalue weighted by atomic mass is 16.7. The van der Waals surface area contributed by atoms with E-state index in [2.05, 4.69) is 0 Å². The van der Waals surface area contributed by atoms with Gasteiger partial charge in [-0.15, -0.1) is 0 Å². The Balaban J connectivity index is 1.57. The van der Waals surface area contributed by atoms with Crippen molar-refractivity contribution in [2.24, 2.45) is 0 Å². The predicted octanol–water partition coefficient (Wildman–Crippen LogP) is 5.48. The number of nitrogens with zero attached hydrogens (tertiary/aromatic N) is 1. The summed E-state index contributed by atoms with van der Waals surface area (Å²) in [6.45, 7) is 11.1. The Bertz CT molecular complexity index is 1120. The van der Waals surface area contributed by atoms with E-state index in [4.69, 9.17) is 33.2 Å². The summed E-state index contributed by atoms with van der Waals surface area (Å²) in [7, 11) is 0. The van der Waals surface area contributed by atoms with E-state index in [1.807, 2.05) is 77.1 Å². The summed E-state index contributed by atoms with van der Waals surface area (Å²) in [5.41, 5.74) is 0.995. The highest BCUT2D eigenvalue weighted by molar-refractivity contribution is 5.70. The van der Waals surface area contributed by atoms with Crippen LogP contribution in [-0.4, -0.2) is 55.0 Å². The second-order valence-electron chi connectivity index (χ2n) is 11.2. The molecule has 0 bridgehead atoms. The second-order valence-corrected chi connectivity index (χ2v) is 11.2. The van der Waals surface area contributed by atoms with Crippen molar-refractivity contribution in [1.82, 2.24) is 4.90 Å². The third-order valence-corrected chi connectivity index (χ3v) is 6.70. The van der Waals surface area contributed by atoms with E-state index in [0.717, 1.165) is 23.1 Å². The molecule has 38 heavy (non-hydrogen) atoms. The molecule has 9 heteroatoms. The van der Waals surface area contributed by atoms with Gasteiger partial charge < -0.3 is 33.2 Å². The zero-order valence-corrected chi connectivity index (χ0v) is 22.7. The Morgan fingerprint density at radius 2 is 1.76 bits per heavy atom. The molecule has 3 aliphatic rings. The van der Waals surface area contributed by atoms with Gasteiger partial charge in [0.1, 0.15) is 17.4 Å². The van der Waals surface area contributed by atoms with Crippen molar-refractivity contribution < 1.29 is 38.0 Å². The van der Waals surface area contributed by atoms with Gasteiger partial charge in [0, 0.05) is 5.56 Å². The molecule has 5 rings (SSSR count). The van der Waals surface area contributed by atoms with Crippen molar-refractivity contribution in [1.29, 1.82) is 0 Å². The van der Waals surface area contributed by atoms with Crippen LogP contribution >= 0.6 is 0 Å². The van der Waals surface area contributed by atoms with Crippen molar-refractivity contribution in [3.63, 3.8) is 0 Å². The molecular weight excluding hydrogens is 490 g/mol. The third-order valence-electron chi connectivity index (χ3n) is 6.70. The highest BCUT2D eigenvalue weighted by Crippen LogP contribution is 2.45. The lowest BCUT2D eigenvalue weighted by atomic mass is 9.94. The lowest BCUT2D eigenvalue weighted by Gasteiger charge is -2.38. The van der Waals surface area contributed by atoms with Gasteiger partial charge in [0.05, 0.1) is 32.5 Å². The lowest BCUT2D eigenvalue weighted by molar-refractivity contribution is -0.184. The molecule has 2 atom stereocenters. The molecule has 0 unspecified atom stereocenters. The number of hydrogen-bond donors (Lipinski definition) is 0. The van der Waals surface area contributed by atoms with E-state index >= 15 is 0 Å². The van der Waals surface area contributed by atoms with Crippen LogP contribution in [0.3, 0.4) is 0 Å². The molecule has 0 aromatic heterocycles. The molecule has 206 valence electrons. The topological polar surface area (TPSA) is 84.9 Å². The number of carbonyl (C=O) groups excluding carboxylic acids is 1. The molecule has 0 radical (unpaired) electrons. The molecular formula is C29H37NO8. The first-order valence-electron chi connectivity index (χ1n) is 13.1. The zero-order chi connectivity index (χ0) is 26.9. The normalized spacial score (nSPS) is 21.9. The minimum atomic E-state index is -0.907. The maximum atomic E-state index is 13.5. The van der Waals surface area contributed by atoms with Gasteiger partial charge in [0.15, 0.2) is 17.8 Å². The van der Waals surface area contributed by atoms with Gasteiger partial charge in [-0.05, 0) is 64.3 Å². The Morgan fingerprint density at radius 1 is 1.08 bits per heavy atom. The van der Waals surface area contributed by atoms with Gasteiger partial charge in [0.25, 0.3) is 0 Å². The number of benzene rings is 2. The Morgan fingerprint density at radius 3 is 2.45 bits per heavy atom. The first kappa shape index (κ1) is 26.7. The van der Waals surface area contributed by atoms with Crippen molar-refractivity contribution in [3.05, 3.63) is 59.2 Å². The van der Waals surface area contributed by atoms with Gasteiger partial charge in [-0.25, -0.2) is 4.79 Å². The standard InChI is InChI=1S/C29H37NO8/c1-28(2,3)38-27(31)30-22(17-37-29(30,4)5)25(34-16-19-10-7-6-8-11-19)20-14-23-24(36-18-35-23)15-21(20)26-32-12-9-13-33-26/h6-8,10-11,14-15,22,25-26H,9,12-13,16-18H2,1-5H3/t22-,25+/m1/s1. The Labute approximate surface area is 223 Å². The van der Waals surface area contributed by atoms with Gasteiger partial charge in [-0.3, -0.25) is 4.90 Å². The summed E-state index contributed by atoms with van der Waals surface area (Å²) in [5, 5.41) is 0. The molecule has 3 heterocycles. The fourth-order valence-corrected chi connectivity index (χ4v) is 4.98. The van der Waals surface area contributed by atoms with Crippen LogP contribution in [0.15, 0.2) is 42.5 Å². The van der Waals surface area contributed by atoms with E-state index in [1.165, 1.54) is 0 Å². The molecule has 2 aromatic carbocycles. The van der Waals surface area contributed by atoms with E-state index in [9.17, 15) is 4.79 Å². The molecule has 2 fully saturated rings. The Hall–Kier alpha value is -2.85. The zero-order valence-electron chi connectivity index (χ0n) is 22.7. The molecule has 0 saturated carbocycles. The highest BCUT2D eigenvalue weighted by Gasteiger charge is 2.50. The van der Waals surface area contributed by atoms with Gasteiger partial charge in [-0.2, -0.15) is 0 Å². The number of fused-ring (bicyclic) bond motifs is 1. The fourth-order valence-electron chi connectivity index (χ4n) is 4.98. The maximum Gasteiger partial charge on any atom is 0.413 e. The van der Waals surface area contributed by atoms with E-state index in [1.54, 1.807) is 4.90 Å². The quantitative estimate of drug-likeness (QED) is 0.488. The van der Waals surface area contributed by atoms with Crippen molar-refractivity contribution >= 4 is 6.09 Å². The number of rotatable bonds is 6. The van der Waals surface area contributed by atoms with Crippen LogP contribution in [0.1, 0.15) is 70.1 Å². The van der Waals surface area contributed by atoms with Gasteiger partial charge in [0.2, 0.25) is 6.79 Å². The number of carbonyl (C=O) groups is 1. The molecule has 0 aliphatic carbocycles. The van der Waals surface area contributed by atoms with E-state index in [0.29, 0.717) is 31.3 Å². The average molecular weight is 528 g/mol. The minimum absolute atomic E-state index is 0.129. The predicted molar refractivity (Wildman–Crippen MR) is 138 cm³/mol. The van der Waals surface area contributed by atoms with Crippen LogP contribution in [0.2, 0.25) is 0 Å². The van der Waals surface area contributed by atoms with E-state index < -0.39 is 35.9 Å². The summed E-state index contributed by atoms with van der Waals surface area (Å²) >= 11 is 0. The maximum absolute atomic E-state index is 13.5. The molecule has 1 amide bonds. The van der Waals surface area contributed by atoms with Crippen molar-refractivity contribution in [2.45, 2.75) is 77.4 Å². The number of ether oxygens (including phenoxy) is 7. The molecule has 2 saturated heterocycles. The summed E-state index contributed by atoms with van der Waals surface area (Å²) < 4.78 is 42.1. The first-order chi connectivity index (χ1) is 18.1. The SMILES string of the molecule is CC(C)(C)OC(=O)N1[C@@H]([C@@H](OCc2ccccc2)c2cc3c(cc2C2OCCCO2)OCO3)COC1(C)C. The van der Waals surface area contributed by atoms with E-state index in [-0.39, 0.29) is 13.4 Å². The van der Waals surface area contributed by atoms with Crippen molar-refractivity contribution in [2.75, 3.05) is 26.6 Å². The van der Waals surface area contributed by atoms with Crippen LogP contribution < -0.4 is 9.47 Å². The minimum Gasteiger partial charge on any atom is -0.454 e. The molecule has 3 aliphatic heterocycles. The third kappa shape index (κ3) is 5.76. The molecule has 2 aromatic rings. The second kappa shape index (κ2) is 10.7.